The number of benzene rings is 2. The number of carbonyl (C=O) groups excluding carboxylic acids is 1. The molecule has 3 rings (SSSR count). The molecule has 30 heavy (non-hydrogen) atoms. The van der Waals surface area contributed by atoms with Crippen LogP contribution in [-0.2, 0) is 6.54 Å². The number of nitrogens with one attached hydrogen (secondary N) is 1. The number of methoxy groups -OCH3 is 1. The molecule has 158 valence electrons. The van der Waals surface area contributed by atoms with Crippen LogP contribution in [0.25, 0.3) is 0 Å². The summed E-state index contributed by atoms with van der Waals surface area (Å²) in [4.78, 5) is 16.9. The number of ether oxygens (including phenoxy) is 2. The molecule has 0 aliphatic carbocycles. The maximum absolute atomic E-state index is 12.7. The van der Waals surface area contributed by atoms with Gasteiger partial charge in [0.1, 0.15) is 5.82 Å². The van der Waals surface area contributed by atoms with Crippen molar-refractivity contribution in [2.45, 2.75) is 27.3 Å². The van der Waals surface area contributed by atoms with Crippen LogP contribution in [-0.4, -0.2) is 29.2 Å². The fraction of sp³-hybridized carbons (Fsp3) is 0.304. The molecular weight excluding hydrogens is 402 g/mol. The van der Waals surface area contributed by atoms with Gasteiger partial charge < -0.3 is 19.4 Å². The molecular formula is C23H26ClN3O3. The van der Waals surface area contributed by atoms with Crippen molar-refractivity contribution in [2.75, 3.05) is 19.0 Å². The van der Waals surface area contributed by atoms with Gasteiger partial charge in [0.2, 0.25) is 0 Å². The molecule has 1 N–H and O–H groups in total. The fourth-order valence-electron chi connectivity index (χ4n) is 2.91. The second kappa shape index (κ2) is 9.67. The molecule has 7 heteroatoms. The Morgan fingerprint density at radius 2 is 1.97 bits per heavy atom. The minimum atomic E-state index is -0.274. The summed E-state index contributed by atoms with van der Waals surface area (Å²) in [5, 5.41) is 3.23. The zero-order valence-corrected chi connectivity index (χ0v) is 18.4. The first-order valence-corrected chi connectivity index (χ1v) is 10.1. The average Bonchev–Trinajstić information content (AvgIpc) is 3.12. The average molecular weight is 428 g/mol. The van der Waals surface area contributed by atoms with Crippen molar-refractivity contribution in [1.82, 2.24) is 9.55 Å². The molecule has 0 fully saturated rings. The molecule has 1 aromatic heterocycles. The van der Waals surface area contributed by atoms with E-state index < -0.39 is 0 Å². The van der Waals surface area contributed by atoms with Crippen LogP contribution in [0.3, 0.4) is 0 Å². The minimum absolute atomic E-state index is 0.274. The number of halogens is 1. The summed E-state index contributed by atoms with van der Waals surface area (Å²) in [6.45, 7) is 7.29. The number of nitrogens with zero attached hydrogens (tertiary/aromatic N) is 2. The Morgan fingerprint density at radius 3 is 2.57 bits per heavy atom. The summed E-state index contributed by atoms with van der Waals surface area (Å²) in [6, 6.07) is 10.9. The normalized spacial score (nSPS) is 10.9. The summed E-state index contributed by atoms with van der Waals surface area (Å²) in [6.07, 6.45) is 3.72. The van der Waals surface area contributed by atoms with Crippen molar-refractivity contribution >= 4 is 23.2 Å². The molecule has 0 aliphatic rings. The molecule has 0 bridgehead atoms. The minimum Gasteiger partial charge on any atom is -0.493 e. The van der Waals surface area contributed by atoms with E-state index in [-0.39, 0.29) is 5.91 Å². The monoisotopic (exact) mass is 427 g/mol. The highest BCUT2D eigenvalue weighted by molar-refractivity contribution is 6.32. The van der Waals surface area contributed by atoms with Gasteiger partial charge in [-0.15, -0.1) is 0 Å². The van der Waals surface area contributed by atoms with Crippen LogP contribution in [0.5, 0.6) is 11.5 Å². The van der Waals surface area contributed by atoms with E-state index in [0.29, 0.717) is 40.3 Å². The second-order valence-corrected chi connectivity index (χ2v) is 7.85. The number of hydrogen-bond donors (Lipinski definition) is 1. The van der Waals surface area contributed by atoms with Crippen LogP contribution < -0.4 is 14.8 Å². The van der Waals surface area contributed by atoms with E-state index >= 15 is 0 Å². The van der Waals surface area contributed by atoms with Gasteiger partial charge in [-0.25, -0.2) is 4.98 Å². The number of aryl methyl sites for hydroxylation is 1. The molecule has 0 radical (unpaired) electrons. The fourth-order valence-corrected chi connectivity index (χ4v) is 3.17. The number of hydrogen-bond acceptors (Lipinski definition) is 4. The van der Waals surface area contributed by atoms with Gasteiger partial charge in [-0.3, -0.25) is 4.79 Å². The largest absolute Gasteiger partial charge is 0.493 e. The number of anilines is 1. The molecule has 0 saturated carbocycles. The predicted octanol–water partition coefficient (Wildman–Crippen LogP) is 5.19. The summed E-state index contributed by atoms with van der Waals surface area (Å²) in [5.74, 6) is 1.90. The Kier molecular flexibility index (Phi) is 7.00. The van der Waals surface area contributed by atoms with Crippen molar-refractivity contribution < 1.29 is 14.3 Å². The van der Waals surface area contributed by atoms with E-state index in [1.54, 1.807) is 18.3 Å². The lowest BCUT2D eigenvalue weighted by Gasteiger charge is -2.15. The van der Waals surface area contributed by atoms with Gasteiger partial charge in [-0.05, 0) is 42.7 Å². The Morgan fingerprint density at radius 1 is 1.23 bits per heavy atom. The lowest BCUT2D eigenvalue weighted by molar-refractivity contribution is 0.102. The maximum atomic E-state index is 12.7. The molecule has 0 atom stereocenters. The van der Waals surface area contributed by atoms with Crippen molar-refractivity contribution in [3.05, 3.63) is 70.8 Å². The Balaban J connectivity index is 1.70. The SMILES string of the molecule is COc1cc(C(=O)Nc2ccc(Cn3ccnc3C)cc2)cc(Cl)c1OCC(C)C. The van der Waals surface area contributed by atoms with E-state index in [1.807, 2.05) is 51.2 Å². The van der Waals surface area contributed by atoms with Gasteiger partial charge in [0.15, 0.2) is 11.5 Å². The van der Waals surface area contributed by atoms with Crippen molar-refractivity contribution in [3.63, 3.8) is 0 Å². The third-order valence-electron chi connectivity index (χ3n) is 4.54. The third kappa shape index (κ3) is 5.33. The van der Waals surface area contributed by atoms with Crippen LogP contribution in [0.2, 0.25) is 5.02 Å². The molecule has 6 nitrogen and oxygen atoms in total. The molecule has 1 heterocycles. The van der Waals surface area contributed by atoms with Crippen LogP contribution >= 0.6 is 11.6 Å². The van der Waals surface area contributed by atoms with Gasteiger partial charge in [0.05, 0.1) is 18.7 Å². The van der Waals surface area contributed by atoms with Crippen LogP contribution in [0, 0.1) is 12.8 Å². The van der Waals surface area contributed by atoms with Crippen molar-refractivity contribution in [1.29, 1.82) is 0 Å². The van der Waals surface area contributed by atoms with Crippen LogP contribution in [0.1, 0.15) is 35.6 Å². The molecule has 0 saturated heterocycles. The van der Waals surface area contributed by atoms with Crippen LogP contribution in [0.15, 0.2) is 48.8 Å². The van der Waals surface area contributed by atoms with Crippen LogP contribution in [0.4, 0.5) is 5.69 Å². The number of carbonyl (C=O) groups is 1. The highest BCUT2D eigenvalue weighted by atomic mass is 35.5. The number of imidazole rings is 1. The second-order valence-electron chi connectivity index (χ2n) is 7.45. The van der Waals surface area contributed by atoms with Gasteiger partial charge in [0.25, 0.3) is 5.91 Å². The third-order valence-corrected chi connectivity index (χ3v) is 4.82. The number of rotatable bonds is 8. The standard InChI is InChI=1S/C23H26ClN3O3/c1-15(2)14-30-22-20(24)11-18(12-21(22)29-4)23(28)26-19-7-5-17(6-8-19)13-27-10-9-25-16(27)3/h5-12,15H,13-14H2,1-4H3,(H,26,28). The summed E-state index contributed by atoms with van der Waals surface area (Å²) >= 11 is 6.35. The molecule has 0 unspecified atom stereocenters. The Bertz CT molecular complexity index is 1010. The first kappa shape index (κ1) is 21.7. The molecule has 1 amide bonds. The highest BCUT2D eigenvalue weighted by Crippen LogP contribution is 2.37. The zero-order chi connectivity index (χ0) is 21.7. The highest BCUT2D eigenvalue weighted by Gasteiger charge is 2.16. The van der Waals surface area contributed by atoms with E-state index in [4.69, 9.17) is 21.1 Å². The number of amides is 1. The topological polar surface area (TPSA) is 65.4 Å². The lowest BCUT2D eigenvalue weighted by atomic mass is 10.1. The molecule has 0 aliphatic heterocycles. The molecule has 3 aromatic rings. The zero-order valence-electron chi connectivity index (χ0n) is 17.6. The van der Waals surface area contributed by atoms with Gasteiger partial charge in [0, 0.05) is 30.2 Å². The summed E-state index contributed by atoms with van der Waals surface area (Å²) < 4.78 is 13.2. The summed E-state index contributed by atoms with van der Waals surface area (Å²) in [7, 11) is 1.52. The lowest BCUT2D eigenvalue weighted by Crippen LogP contribution is -2.13. The first-order chi connectivity index (χ1) is 14.4. The smallest absolute Gasteiger partial charge is 0.255 e. The Hall–Kier alpha value is -2.99. The Labute approximate surface area is 181 Å². The van der Waals surface area contributed by atoms with E-state index in [1.165, 1.54) is 7.11 Å². The van der Waals surface area contributed by atoms with Gasteiger partial charge in [-0.1, -0.05) is 37.6 Å². The predicted molar refractivity (Wildman–Crippen MR) is 119 cm³/mol. The van der Waals surface area contributed by atoms with Gasteiger partial charge in [-0.2, -0.15) is 0 Å². The first-order valence-electron chi connectivity index (χ1n) is 9.75. The molecule has 2 aromatic carbocycles. The van der Waals surface area contributed by atoms with E-state index in [0.717, 1.165) is 17.9 Å². The van der Waals surface area contributed by atoms with Gasteiger partial charge >= 0.3 is 0 Å². The van der Waals surface area contributed by atoms with E-state index in [9.17, 15) is 4.79 Å². The summed E-state index contributed by atoms with van der Waals surface area (Å²) in [5.41, 5.74) is 2.21. The quantitative estimate of drug-likeness (QED) is 0.537. The van der Waals surface area contributed by atoms with E-state index in [2.05, 4.69) is 14.9 Å². The molecule has 0 spiro atoms. The number of aromatic nitrogens is 2. The van der Waals surface area contributed by atoms with Crippen molar-refractivity contribution in [3.8, 4) is 11.5 Å². The maximum Gasteiger partial charge on any atom is 0.255 e. The van der Waals surface area contributed by atoms with Crippen molar-refractivity contribution in [2.24, 2.45) is 5.92 Å².